The van der Waals surface area contributed by atoms with Crippen molar-refractivity contribution in [1.29, 1.82) is 0 Å². The van der Waals surface area contributed by atoms with Gasteiger partial charge in [-0.15, -0.1) is 13.2 Å². The second-order valence-electron chi connectivity index (χ2n) is 2.80. The molecule has 0 radical (unpaired) electrons. The molecule has 0 saturated heterocycles. The smallest absolute Gasteiger partial charge is 0.0401 e. The highest BCUT2D eigenvalue weighted by Gasteiger charge is 2.01. The minimum Gasteiger partial charge on any atom is -0.345 e. The van der Waals surface area contributed by atoms with Crippen molar-refractivity contribution >= 4 is 0 Å². The van der Waals surface area contributed by atoms with Gasteiger partial charge in [0.05, 0.1) is 0 Å². The number of nitrogens with zero attached hydrogens (tertiary/aromatic N) is 1. The number of rotatable bonds is 5. The van der Waals surface area contributed by atoms with E-state index in [1.165, 1.54) is 0 Å². The van der Waals surface area contributed by atoms with E-state index in [-0.39, 0.29) is 0 Å². The van der Waals surface area contributed by atoms with Gasteiger partial charge in [-0.2, -0.15) is 0 Å². The second kappa shape index (κ2) is 25.9. The Bertz CT molecular complexity index is 293. The van der Waals surface area contributed by atoms with Crippen LogP contribution in [0.15, 0.2) is 74.2 Å². The minimum atomic E-state index is 1.05. The summed E-state index contributed by atoms with van der Waals surface area (Å²) in [5.74, 6) is 0. The molecule has 1 heteroatoms. The first kappa shape index (κ1) is 26.7. The molecule has 0 aromatic heterocycles. The Labute approximate surface area is 128 Å². The van der Waals surface area contributed by atoms with E-state index in [1.54, 1.807) is 0 Å². The number of hydrogen-bond acceptors (Lipinski definition) is 1. The summed E-state index contributed by atoms with van der Waals surface area (Å²) in [6.45, 7) is 25.5. The molecule has 0 atom stereocenters. The van der Waals surface area contributed by atoms with E-state index in [0.29, 0.717) is 0 Å². The number of hydrogen-bond donors (Lipinski definition) is 0. The Morgan fingerprint density at radius 1 is 0.850 bits per heavy atom. The summed E-state index contributed by atoms with van der Waals surface area (Å²) in [5, 5.41) is 0. The zero-order valence-electron chi connectivity index (χ0n) is 14.7. The van der Waals surface area contributed by atoms with Crippen molar-refractivity contribution < 1.29 is 0 Å². The molecule has 0 aliphatic heterocycles. The van der Waals surface area contributed by atoms with Crippen LogP contribution in [-0.2, 0) is 0 Å². The average molecular weight is 277 g/mol. The fourth-order valence-electron chi connectivity index (χ4n) is 1.11. The molecule has 0 spiro atoms. The van der Waals surface area contributed by atoms with Gasteiger partial charge in [-0.1, -0.05) is 59.1 Å². The predicted molar refractivity (Wildman–Crippen MR) is 98.8 cm³/mol. The monoisotopic (exact) mass is 277 g/mol. The van der Waals surface area contributed by atoms with E-state index in [2.05, 4.69) is 26.3 Å². The van der Waals surface area contributed by atoms with Crippen molar-refractivity contribution in [2.24, 2.45) is 0 Å². The molecule has 0 fully saturated rings. The highest BCUT2D eigenvalue weighted by Crippen LogP contribution is 2.12. The van der Waals surface area contributed by atoms with E-state index < -0.39 is 0 Å². The third-order valence-corrected chi connectivity index (χ3v) is 1.95. The minimum absolute atomic E-state index is 1.05. The van der Waals surface area contributed by atoms with Gasteiger partial charge in [0.25, 0.3) is 0 Å². The van der Waals surface area contributed by atoms with E-state index in [4.69, 9.17) is 0 Å². The van der Waals surface area contributed by atoms with Crippen molar-refractivity contribution in [2.45, 2.75) is 41.5 Å². The Hall–Kier alpha value is -1.76. The molecule has 116 valence electrons. The molecule has 0 amide bonds. The van der Waals surface area contributed by atoms with Gasteiger partial charge in [0.1, 0.15) is 0 Å². The molecule has 0 unspecified atom stereocenters. The summed E-state index contributed by atoms with van der Waals surface area (Å²) >= 11 is 0. The van der Waals surface area contributed by atoms with Gasteiger partial charge in [0.2, 0.25) is 0 Å². The van der Waals surface area contributed by atoms with Crippen LogP contribution in [0.2, 0.25) is 0 Å². The lowest BCUT2D eigenvalue weighted by Crippen LogP contribution is -2.14. The van der Waals surface area contributed by atoms with Crippen LogP contribution in [0.5, 0.6) is 0 Å². The second-order valence-corrected chi connectivity index (χ2v) is 2.80. The van der Waals surface area contributed by atoms with E-state index in [0.717, 1.165) is 11.4 Å². The van der Waals surface area contributed by atoms with Gasteiger partial charge >= 0.3 is 0 Å². The topological polar surface area (TPSA) is 3.24 Å². The van der Waals surface area contributed by atoms with Crippen LogP contribution in [-0.4, -0.2) is 11.9 Å². The fourth-order valence-corrected chi connectivity index (χ4v) is 1.11. The quantitative estimate of drug-likeness (QED) is 0.409. The van der Waals surface area contributed by atoms with Crippen LogP contribution in [0.25, 0.3) is 0 Å². The molecule has 20 heavy (non-hydrogen) atoms. The predicted octanol–water partition coefficient (Wildman–Crippen LogP) is 6.51. The Balaban J connectivity index is -0.000000187. The molecule has 0 aromatic rings. The Morgan fingerprint density at radius 2 is 1.25 bits per heavy atom. The van der Waals surface area contributed by atoms with Crippen LogP contribution in [0.1, 0.15) is 41.5 Å². The average Bonchev–Trinajstić information content (AvgIpc) is 2.55. The Kier molecular flexibility index (Phi) is 34.7. The van der Waals surface area contributed by atoms with E-state index in [9.17, 15) is 0 Å². The first-order chi connectivity index (χ1) is 9.71. The zero-order chi connectivity index (χ0) is 17.0. The summed E-state index contributed by atoms with van der Waals surface area (Å²) < 4.78 is 0. The van der Waals surface area contributed by atoms with Crippen molar-refractivity contribution in [2.75, 3.05) is 7.05 Å². The van der Waals surface area contributed by atoms with Crippen molar-refractivity contribution in [3.8, 4) is 0 Å². The third-order valence-electron chi connectivity index (χ3n) is 1.95. The molecule has 0 aliphatic carbocycles. The molecule has 0 bridgehead atoms. The van der Waals surface area contributed by atoms with Gasteiger partial charge < -0.3 is 4.90 Å². The molecular weight excluding hydrogens is 242 g/mol. The van der Waals surface area contributed by atoms with Crippen LogP contribution in [0.3, 0.4) is 0 Å². The fraction of sp³-hybridized carbons (Fsp3) is 0.368. The van der Waals surface area contributed by atoms with E-state index >= 15 is 0 Å². The number of likely N-dealkylation sites (N-methyl/N-ethyl adjacent to an activating group) is 1. The first-order valence-electron chi connectivity index (χ1n) is 7.19. The molecule has 0 saturated carbocycles. The molecule has 0 aromatic carbocycles. The SMILES string of the molecule is C=C.C=C/C(=C\C)N(C)/C(C=C)=C/C=C\C.CC.CC. The lowest BCUT2D eigenvalue weighted by molar-refractivity contribution is 0.553. The van der Waals surface area contributed by atoms with Gasteiger partial charge in [-0.05, 0) is 32.1 Å². The van der Waals surface area contributed by atoms with Crippen LogP contribution in [0.4, 0.5) is 0 Å². The van der Waals surface area contributed by atoms with Gasteiger partial charge in [0, 0.05) is 18.4 Å². The lowest BCUT2D eigenvalue weighted by Gasteiger charge is -2.20. The van der Waals surface area contributed by atoms with E-state index in [1.807, 2.05) is 89.9 Å². The summed E-state index contributed by atoms with van der Waals surface area (Å²) in [6, 6.07) is 0. The summed E-state index contributed by atoms with van der Waals surface area (Å²) in [4.78, 5) is 2.04. The highest BCUT2D eigenvalue weighted by atomic mass is 15.1. The molecule has 1 nitrogen and oxygen atoms in total. The molecule has 0 rings (SSSR count). The van der Waals surface area contributed by atoms with Crippen LogP contribution in [0, 0.1) is 0 Å². The summed E-state index contributed by atoms with van der Waals surface area (Å²) in [5.41, 5.74) is 2.12. The molecular formula is C19H35N. The largest absolute Gasteiger partial charge is 0.345 e. The normalized spacial score (nSPS) is 9.95. The first-order valence-corrected chi connectivity index (χ1v) is 7.19. The van der Waals surface area contributed by atoms with Crippen molar-refractivity contribution in [1.82, 2.24) is 4.90 Å². The maximum Gasteiger partial charge on any atom is 0.0401 e. The van der Waals surface area contributed by atoms with Gasteiger partial charge in [0.15, 0.2) is 0 Å². The highest BCUT2D eigenvalue weighted by molar-refractivity contribution is 5.28. The van der Waals surface area contributed by atoms with Crippen molar-refractivity contribution in [3.05, 3.63) is 74.2 Å². The summed E-state index contributed by atoms with van der Waals surface area (Å²) in [6.07, 6.45) is 11.7. The lowest BCUT2D eigenvalue weighted by atomic mass is 10.3. The van der Waals surface area contributed by atoms with Crippen LogP contribution >= 0.6 is 0 Å². The zero-order valence-corrected chi connectivity index (χ0v) is 14.7. The molecule has 0 heterocycles. The standard InChI is InChI=1S/C13H19N.2C2H6.C2H4/c1-6-10-11-13(9-4)14(5)12(7-2)8-3;3*1-2/h6-11H,2,4H2,1,3,5H3;2*1-2H3;1-2H2/b10-6-,12-8+,13-11+;;;. The van der Waals surface area contributed by atoms with Gasteiger partial charge in [-0.3, -0.25) is 0 Å². The molecule has 0 N–H and O–H groups in total. The van der Waals surface area contributed by atoms with Gasteiger partial charge in [-0.25, -0.2) is 0 Å². The third kappa shape index (κ3) is 14.3. The maximum atomic E-state index is 3.78. The molecule has 0 aliphatic rings. The van der Waals surface area contributed by atoms with Crippen LogP contribution < -0.4 is 0 Å². The maximum absolute atomic E-state index is 3.78. The summed E-state index contributed by atoms with van der Waals surface area (Å²) in [7, 11) is 1.99. The Morgan fingerprint density at radius 3 is 1.50 bits per heavy atom. The van der Waals surface area contributed by atoms with Crippen molar-refractivity contribution in [3.63, 3.8) is 0 Å². The number of allylic oxidation sites excluding steroid dienone is 6.